The van der Waals surface area contributed by atoms with Crippen LogP contribution in [0.25, 0.3) is 11.0 Å². The second-order valence-corrected chi connectivity index (χ2v) is 8.65. The molecule has 0 unspecified atom stereocenters. The molecule has 0 spiro atoms. The molecule has 0 radical (unpaired) electrons. The zero-order valence-corrected chi connectivity index (χ0v) is 20.4. The number of amides is 1. The Balaban J connectivity index is 1.56. The molecular formula is C28H23NO8. The lowest BCUT2D eigenvalue weighted by Gasteiger charge is -2.26. The SMILES string of the molecule is COc1cc([C@H]2c3c(oc4ccccc4c3=O)C(=O)N2Cc2ccc3c(c2)OCO3)cc(OC)c1OC. The number of carbonyl (C=O) groups is 1. The Morgan fingerprint density at radius 3 is 2.35 bits per heavy atom. The van der Waals surface area contributed by atoms with E-state index in [0.29, 0.717) is 45.3 Å². The molecule has 4 aromatic rings. The number of carbonyl (C=O) groups excluding carboxylic acids is 1. The molecule has 9 nitrogen and oxygen atoms in total. The van der Waals surface area contributed by atoms with Crippen molar-refractivity contribution in [3.8, 4) is 28.7 Å². The molecule has 0 saturated heterocycles. The molecule has 0 fully saturated rings. The summed E-state index contributed by atoms with van der Waals surface area (Å²) in [6.07, 6.45) is 0. The summed E-state index contributed by atoms with van der Waals surface area (Å²) < 4.78 is 33.6. The fourth-order valence-electron chi connectivity index (χ4n) is 4.97. The van der Waals surface area contributed by atoms with Crippen LogP contribution in [0.2, 0.25) is 0 Å². The van der Waals surface area contributed by atoms with Crippen LogP contribution in [-0.2, 0) is 6.54 Å². The summed E-state index contributed by atoms with van der Waals surface area (Å²) in [5.74, 6) is 2.09. The molecule has 9 heteroatoms. The van der Waals surface area contributed by atoms with Gasteiger partial charge in [0.05, 0.1) is 38.3 Å². The number of nitrogens with zero attached hydrogens (tertiary/aromatic N) is 1. The maximum absolute atomic E-state index is 13.8. The van der Waals surface area contributed by atoms with Crippen LogP contribution in [0.15, 0.2) is 63.8 Å². The van der Waals surface area contributed by atoms with E-state index in [0.717, 1.165) is 5.56 Å². The minimum absolute atomic E-state index is 0.0168. The van der Waals surface area contributed by atoms with Gasteiger partial charge in [-0.05, 0) is 47.5 Å². The molecule has 6 rings (SSSR count). The third-order valence-electron chi connectivity index (χ3n) is 6.67. The van der Waals surface area contributed by atoms with Gasteiger partial charge in [0.2, 0.25) is 18.3 Å². The molecule has 2 aliphatic heterocycles. The Morgan fingerprint density at radius 1 is 0.892 bits per heavy atom. The van der Waals surface area contributed by atoms with E-state index in [2.05, 4.69) is 0 Å². The lowest BCUT2D eigenvalue weighted by atomic mass is 9.97. The van der Waals surface area contributed by atoms with Crippen molar-refractivity contribution in [1.82, 2.24) is 4.90 Å². The van der Waals surface area contributed by atoms with E-state index in [1.54, 1.807) is 47.4 Å². The maximum Gasteiger partial charge on any atom is 0.291 e. The maximum atomic E-state index is 13.8. The van der Waals surface area contributed by atoms with E-state index in [1.807, 2.05) is 12.1 Å². The van der Waals surface area contributed by atoms with Crippen LogP contribution < -0.4 is 29.1 Å². The number of rotatable bonds is 6. The van der Waals surface area contributed by atoms with Gasteiger partial charge in [0, 0.05) is 6.54 Å². The summed E-state index contributed by atoms with van der Waals surface area (Å²) in [7, 11) is 4.54. The summed E-state index contributed by atoms with van der Waals surface area (Å²) in [6.45, 7) is 0.336. The second kappa shape index (κ2) is 8.77. The van der Waals surface area contributed by atoms with E-state index in [9.17, 15) is 9.59 Å². The Bertz CT molecular complexity index is 1580. The van der Waals surface area contributed by atoms with Crippen molar-refractivity contribution < 1.29 is 32.9 Å². The van der Waals surface area contributed by atoms with Crippen molar-refractivity contribution >= 4 is 16.9 Å². The highest BCUT2D eigenvalue weighted by Crippen LogP contribution is 2.45. The number of fused-ring (bicyclic) bond motifs is 3. The predicted octanol–water partition coefficient (Wildman–Crippen LogP) is 4.29. The first-order valence-electron chi connectivity index (χ1n) is 11.6. The van der Waals surface area contributed by atoms with Crippen molar-refractivity contribution in [2.45, 2.75) is 12.6 Å². The molecule has 2 aliphatic rings. The molecule has 0 aliphatic carbocycles. The van der Waals surface area contributed by atoms with Gasteiger partial charge in [0.15, 0.2) is 28.4 Å². The molecule has 188 valence electrons. The van der Waals surface area contributed by atoms with Crippen molar-refractivity contribution in [3.05, 3.63) is 87.3 Å². The molecule has 0 bridgehead atoms. The van der Waals surface area contributed by atoms with Crippen LogP contribution >= 0.6 is 0 Å². The van der Waals surface area contributed by atoms with Gasteiger partial charge in [-0.2, -0.15) is 0 Å². The molecule has 3 aromatic carbocycles. The largest absolute Gasteiger partial charge is 0.493 e. The topological polar surface area (TPSA) is 96.7 Å². The fraction of sp³-hybridized carbons (Fsp3) is 0.214. The second-order valence-electron chi connectivity index (χ2n) is 8.65. The van der Waals surface area contributed by atoms with Crippen LogP contribution in [0, 0.1) is 0 Å². The average Bonchev–Trinajstić information content (AvgIpc) is 3.50. The quantitative estimate of drug-likeness (QED) is 0.386. The number of methoxy groups -OCH3 is 3. The molecule has 1 aromatic heterocycles. The lowest BCUT2D eigenvalue weighted by Crippen LogP contribution is -2.29. The first-order valence-corrected chi connectivity index (χ1v) is 11.6. The van der Waals surface area contributed by atoms with Crippen LogP contribution in [0.5, 0.6) is 28.7 Å². The normalized spacial score (nSPS) is 15.7. The van der Waals surface area contributed by atoms with Gasteiger partial charge in [-0.3, -0.25) is 9.59 Å². The molecular weight excluding hydrogens is 478 g/mol. The fourth-order valence-corrected chi connectivity index (χ4v) is 4.97. The van der Waals surface area contributed by atoms with Gasteiger partial charge in [-0.1, -0.05) is 18.2 Å². The summed E-state index contributed by atoms with van der Waals surface area (Å²) in [4.78, 5) is 29.2. The highest BCUT2D eigenvalue weighted by molar-refractivity contribution is 5.99. The smallest absolute Gasteiger partial charge is 0.291 e. The number of benzene rings is 3. The van der Waals surface area contributed by atoms with E-state index in [4.69, 9.17) is 28.1 Å². The molecule has 3 heterocycles. The van der Waals surface area contributed by atoms with Gasteiger partial charge in [0.1, 0.15) is 5.58 Å². The van der Waals surface area contributed by atoms with Crippen molar-refractivity contribution in [3.63, 3.8) is 0 Å². The van der Waals surface area contributed by atoms with Gasteiger partial charge in [0.25, 0.3) is 5.91 Å². The van der Waals surface area contributed by atoms with Crippen molar-refractivity contribution in [2.24, 2.45) is 0 Å². The standard InChI is InChI=1S/C28H23NO8/c1-32-21-11-16(12-22(33-2)26(21)34-3)24-23-25(30)17-6-4-5-7-18(17)37-27(23)28(31)29(24)13-15-8-9-19-20(10-15)36-14-35-19/h4-12,24H,13-14H2,1-3H3/t24-/m0/s1. The number of hydrogen-bond acceptors (Lipinski definition) is 8. The highest BCUT2D eigenvalue weighted by Gasteiger charge is 2.43. The number of para-hydroxylation sites is 1. The van der Waals surface area contributed by atoms with Crippen molar-refractivity contribution in [2.75, 3.05) is 28.1 Å². The van der Waals surface area contributed by atoms with Crippen LogP contribution in [0.3, 0.4) is 0 Å². The first kappa shape index (κ1) is 22.8. The van der Waals surface area contributed by atoms with Gasteiger partial charge in [-0.25, -0.2) is 0 Å². The summed E-state index contributed by atoms with van der Waals surface area (Å²) >= 11 is 0. The summed E-state index contributed by atoms with van der Waals surface area (Å²) in [5.41, 5.74) is 1.77. The number of hydrogen-bond donors (Lipinski definition) is 0. The Labute approximate surface area is 211 Å². The molecule has 1 atom stereocenters. The third kappa shape index (κ3) is 3.54. The minimum Gasteiger partial charge on any atom is -0.493 e. The van der Waals surface area contributed by atoms with Gasteiger partial charge in [-0.15, -0.1) is 0 Å². The molecule has 0 saturated carbocycles. The zero-order valence-electron chi connectivity index (χ0n) is 20.4. The van der Waals surface area contributed by atoms with Crippen LogP contribution in [0.1, 0.15) is 33.3 Å². The molecule has 0 N–H and O–H groups in total. The van der Waals surface area contributed by atoms with Gasteiger partial charge < -0.3 is 33.0 Å². The first-order chi connectivity index (χ1) is 18.0. The minimum atomic E-state index is -0.762. The van der Waals surface area contributed by atoms with E-state index in [1.165, 1.54) is 21.3 Å². The van der Waals surface area contributed by atoms with E-state index in [-0.39, 0.29) is 30.1 Å². The van der Waals surface area contributed by atoms with Crippen molar-refractivity contribution in [1.29, 1.82) is 0 Å². The lowest BCUT2D eigenvalue weighted by molar-refractivity contribution is 0.0713. The zero-order chi connectivity index (χ0) is 25.7. The molecule has 37 heavy (non-hydrogen) atoms. The monoisotopic (exact) mass is 501 g/mol. The van der Waals surface area contributed by atoms with Crippen LogP contribution in [-0.4, -0.2) is 38.9 Å². The highest BCUT2D eigenvalue weighted by atomic mass is 16.7. The number of ether oxygens (including phenoxy) is 5. The average molecular weight is 501 g/mol. The summed E-state index contributed by atoms with van der Waals surface area (Å²) in [6, 6.07) is 15.1. The van der Waals surface area contributed by atoms with Crippen LogP contribution in [0.4, 0.5) is 0 Å². The third-order valence-corrected chi connectivity index (χ3v) is 6.67. The Morgan fingerprint density at radius 2 is 1.62 bits per heavy atom. The van der Waals surface area contributed by atoms with E-state index < -0.39 is 11.9 Å². The predicted molar refractivity (Wildman–Crippen MR) is 133 cm³/mol. The van der Waals surface area contributed by atoms with E-state index >= 15 is 0 Å². The Hall–Kier alpha value is -4.66. The summed E-state index contributed by atoms with van der Waals surface area (Å²) in [5, 5.41) is 0.399. The Kier molecular flexibility index (Phi) is 5.40. The molecule has 1 amide bonds. The van der Waals surface area contributed by atoms with Gasteiger partial charge >= 0.3 is 0 Å².